The normalized spacial score (nSPS) is 12.6. The van der Waals surface area contributed by atoms with Gasteiger partial charge in [-0.2, -0.15) is 0 Å². The van der Waals surface area contributed by atoms with Gasteiger partial charge in [-0.05, 0) is 45.4 Å². The lowest BCUT2D eigenvalue weighted by atomic mass is 10.2. The number of nitrogen functional groups attached to an aromatic ring is 1. The van der Waals surface area contributed by atoms with Crippen molar-refractivity contribution in [2.45, 2.75) is 59.3 Å². The monoisotopic (exact) mass is 294 g/mol. The molecule has 1 aromatic carbocycles. The van der Waals surface area contributed by atoms with Gasteiger partial charge in [0.05, 0.1) is 5.69 Å². The molecule has 1 aromatic rings. The fraction of sp³-hybridized carbons (Fsp3) is 0.562. The third-order valence-electron chi connectivity index (χ3n) is 2.67. The number of carbonyl (C=O) groups excluding carboxylic acids is 1. The second kappa shape index (κ2) is 7.20. The second-order valence-corrected chi connectivity index (χ2v) is 6.08. The molecule has 21 heavy (non-hydrogen) atoms. The zero-order valence-electron chi connectivity index (χ0n) is 13.5. The number of anilines is 1. The first-order valence-corrected chi connectivity index (χ1v) is 7.23. The van der Waals surface area contributed by atoms with E-state index in [2.05, 4.69) is 5.32 Å². The Morgan fingerprint density at radius 1 is 1.38 bits per heavy atom. The zero-order valence-corrected chi connectivity index (χ0v) is 13.5. The summed E-state index contributed by atoms with van der Waals surface area (Å²) in [7, 11) is 0. The summed E-state index contributed by atoms with van der Waals surface area (Å²) in [5.74, 6) is 0.574. The quantitative estimate of drug-likeness (QED) is 0.642. The van der Waals surface area contributed by atoms with Crippen molar-refractivity contribution in [3.63, 3.8) is 0 Å². The van der Waals surface area contributed by atoms with Crippen LogP contribution in [-0.4, -0.2) is 17.9 Å². The van der Waals surface area contributed by atoms with E-state index in [0.29, 0.717) is 17.9 Å². The molecule has 0 aliphatic heterocycles. The first-order chi connectivity index (χ1) is 9.71. The van der Waals surface area contributed by atoms with Crippen LogP contribution in [0.25, 0.3) is 0 Å². The Hall–Kier alpha value is -1.91. The van der Waals surface area contributed by atoms with Crippen molar-refractivity contribution >= 4 is 11.8 Å². The zero-order chi connectivity index (χ0) is 16.0. The summed E-state index contributed by atoms with van der Waals surface area (Å²) in [4.78, 5) is 11.8. The summed E-state index contributed by atoms with van der Waals surface area (Å²) in [5.41, 5.74) is 6.96. The maximum absolute atomic E-state index is 11.8. The molecule has 5 nitrogen and oxygen atoms in total. The molecule has 0 aromatic heterocycles. The van der Waals surface area contributed by atoms with Crippen LogP contribution in [0.1, 0.15) is 46.1 Å². The first-order valence-electron chi connectivity index (χ1n) is 7.23. The van der Waals surface area contributed by atoms with Crippen LogP contribution in [0.5, 0.6) is 5.75 Å². The molecule has 0 heterocycles. The topological polar surface area (TPSA) is 73.6 Å². The number of benzene rings is 1. The molecule has 0 radical (unpaired) electrons. The molecule has 1 atom stereocenters. The lowest BCUT2D eigenvalue weighted by molar-refractivity contribution is 0.0383. The van der Waals surface area contributed by atoms with Gasteiger partial charge in [-0.1, -0.05) is 19.4 Å². The first kappa shape index (κ1) is 17.1. The summed E-state index contributed by atoms with van der Waals surface area (Å²) in [5, 5.41) is 2.73. The van der Waals surface area contributed by atoms with Crippen molar-refractivity contribution in [3.8, 4) is 5.75 Å². The van der Waals surface area contributed by atoms with Crippen LogP contribution in [0.15, 0.2) is 18.2 Å². The SMILES string of the molecule is CCCC(NC(=O)OC(C)(C)C)Oc1cc(C)ccc1N. The van der Waals surface area contributed by atoms with Gasteiger partial charge < -0.3 is 15.2 Å². The summed E-state index contributed by atoms with van der Waals surface area (Å²) in [6, 6.07) is 5.56. The van der Waals surface area contributed by atoms with E-state index in [-0.39, 0.29) is 0 Å². The highest BCUT2D eigenvalue weighted by molar-refractivity contribution is 5.68. The molecule has 0 saturated carbocycles. The lowest BCUT2D eigenvalue weighted by Gasteiger charge is -2.24. The third-order valence-corrected chi connectivity index (χ3v) is 2.67. The average Bonchev–Trinajstić information content (AvgIpc) is 2.31. The van der Waals surface area contributed by atoms with Crippen LogP contribution >= 0.6 is 0 Å². The largest absolute Gasteiger partial charge is 0.468 e. The predicted octanol–water partition coefficient (Wildman–Crippen LogP) is 3.61. The van der Waals surface area contributed by atoms with E-state index in [1.165, 1.54) is 0 Å². The van der Waals surface area contributed by atoms with Crippen molar-refractivity contribution in [2.24, 2.45) is 0 Å². The minimum atomic E-state index is -0.538. The van der Waals surface area contributed by atoms with Crippen LogP contribution in [0, 0.1) is 6.92 Å². The lowest BCUT2D eigenvalue weighted by Crippen LogP contribution is -2.42. The molecule has 0 spiro atoms. The van der Waals surface area contributed by atoms with E-state index in [4.69, 9.17) is 15.2 Å². The van der Waals surface area contributed by atoms with Crippen LogP contribution in [0.2, 0.25) is 0 Å². The highest BCUT2D eigenvalue weighted by atomic mass is 16.6. The van der Waals surface area contributed by atoms with Gasteiger partial charge in [-0.25, -0.2) is 4.79 Å². The summed E-state index contributed by atoms with van der Waals surface area (Å²) in [6.07, 6.45) is 0.583. The van der Waals surface area contributed by atoms with Crippen LogP contribution in [0.4, 0.5) is 10.5 Å². The molecular formula is C16H26N2O3. The molecule has 1 amide bonds. The number of amides is 1. The molecule has 1 unspecified atom stereocenters. The fourth-order valence-electron chi connectivity index (χ4n) is 1.76. The highest BCUT2D eigenvalue weighted by Gasteiger charge is 2.20. The molecular weight excluding hydrogens is 268 g/mol. The number of hydrogen-bond donors (Lipinski definition) is 2. The van der Waals surface area contributed by atoms with Crippen molar-refractivity contribution in [2.75, 3.05) is 5.73 Å². The number of ether oxygens (including phenoxy) is 2. The van der Waals surface area contributed by atoms with E-state index in [1.807, 2.05) is 46.8 Å². The van der Waals surface area contributed by atoms with Crippen LogP contribution < -0.4 is 15.8 Å². The summed E-state index contributed by atoms with van der Waals surface area (Å²) in [6.45, 7) is 9.44. The Balaban J connectivity index is 2.73. The maximum atomic E-state index is 11.8. The summed E-state index contributed by atoms with van der Waals surface area (Å²) >= 11 is 0. The Bertz CT molecular complexity index is 481. The molecule has 0 saturated heterocycles. The number of carbonyl (C=O) groups is 1. The Labute approximate surface area is 126 Å². The molecule has 0 aliphatic carbocycles. The smallest absolute Gasteiger partial charge is 0.410 e. The van der Waals surface area contributed by atoms with Gasteiger partial charge >= 0.3 is 6.09 Å². The van der Waals surface area contributed by atoms with Gasteiger partial charge in [-0.3, -0.25) is 5.32 Å². The van der Waals surface area contributed by atoms with Gasteiger partial charge in [0, 0.05) is 6.42 Å². The number of alkyl carbamates (subject to hydrolysis) is 1. The standard InChI is InChI=1S/C16H26N2O3/c1-6-7-14(18-15(19)21-16(3,4)5)20-13-10-11(2)8-9-12(13)17/h8-10,14H,6-7,17H2,1-5H3,(H,18,19). The molecule has 0 fully saturated rings. The number of nitrogens with two attached hydrogens (primary N) is 1. The van der Waals surface area contributed by atoms with E-state index < -0.39 is 17.9 Å². The van der Waals surface area contributed by atoms with Gasteiger partial charge in [0.2, 0.25) is 0 Å². The van der Waals surface area contributed by atoms with Crippen LogP contribution in [0.3, 0.4) is 0 Å². The third kappa shape index (κ3) is 6.38. The van der Waals surface area contributed by atoms with Crippen LogP contribution in [-0.2, 0) is 4.74 Å². The summed E-state index contributed by atoms with van der Waals surface area (Å²) < 4.78 is 11.1. The molecule has 0 bridgehead atoms. The second-order valence-electron chi connectivity index (χ2n) is 6.08. The van der Waals surface area contributed by atoms with E-state index in [1.54, 1.807) is 6.07 Å². The number of aryl methyl sites for hydroxylation is 1. The van der Waals surface area contributed by atoms with Crippen molar-refractivity contribution in [1.82, 2.24) is 5.32 Å². The van der Waals surface area contributed by atoms with Gasteiger partial charge in [0.1, 0.15) is 11.4 Å². The Kier molecular flexibility index (Phi) is 5.88. The highest BCUT2D eigenvalue weighted by Crippen LogP contribution is 2.24. The van der Waals surface area contributed by atoms with Crippen molar-refractivity contribution < 1.29 is 14.3 Å². The van der Waals surface area contributed by atoms with E-state index in [9.17, 15) is 4.79 Å². The molecule has 3 N–H and O–H groups in total. The molecule has 1 rings (SSSR count). The van der Waals surface area contributed by atoms with E-state index >= 15 is 0 Å². The van der Waals surface area contributed by atoms with Gasteiger partial charge in [0.15, 0.2) is 6.23 Å². The maximum Gasteiger partial charge on any atom is 0.410 e. The number of nitrogens with one attached hydrogen (secondary N) is 1. The van der Waals surface area contributed by atoms with Gasteiger partial charge in [0.25, 0.3) is 0 Å². The number of rotatable bonds is 5. The Morgan fingerprint density at radius 3 is 2.62 bits per heavy atom. The number of hydrogen-bond acceptors (Lipinski definition) is 4. The molecule has 118 valence electrons. The van der Waals surface area contributed by atoms with E-state index in [0.717, 1.165) is 12.0 Å². The molecule has 0 aliphatic rings. The molecule has 5 heteroatoms. The minimum Gasteiger partial charge on any atom is -0.468 e. The van der Waals surface area contributed by atoms with Gasteiger partial charge in [-0.15, -0.1) is 0 Å². The fourth-order valence-corrected chi connectivity index (χ4v) is 1.76. The average molecular weight is 294 g/mol. The minimum absolute atomic E-state index is 0.464. The van der Waals surface area contributed by atoms with Crippen molar-refractivity contribution in [1.29, 1.82) is 0 Å². The van der Waals surface area contributed by atoms with Crippen molar-refractivity contribution in [3.05, 3.63) is 23.8 Å². The Morgan fingerprint density at radius 2 is 2.05 bits per heavy atom. The predicted molar refractivity (Wildman–Crippen MR) is 84.3 cm³/mol.